The predicted molar refractivity (Wildman–Crippen MR) is 71.9 cm³/mol. The maximum absolute atomic E-state index is 12.2. The molecule has 0 unspecified atom stereocenters. The number of likely N-dealkylation sites (tertiary alicyclic amines) is 1. The Morgan fingerprint density at radius 2 is 1.65 bits per heavy atom. The number of nitrogens with zero attached hydrogens (tertiary/aromatic N) is 1. The van der Waals surface area contributed by atoms with Crippen LogP contribution in [-0.4, -0.2) is 46.9 Å². The van der Waals surface area contributed by atoms with Crippen LogP contribution in [0.3, 0.4) is 0 Å². The van der Waals surface area contributed by atoms with Crippen molar-refractivity contribution in [1.29, 1.82) is 0 Å². The van der Waals surface area contributed by atoms with E-state index in [4.69, 9.17) is 5.11 Å². The molecule has 2 rings (SSSR count). The van der Waals surface area contributed by atoms with Crippen LogP contribution in [0.1, 0.15) is 39.0 Å². The van der Waals surface area contributed by atoms with Crippen molar-refractivity contribution in [2.24, 2.45) is 11.8 Å². The van der Waals surface area contributed by atoms with Gasteiger partial charge >= 0.3 is 5.97 Å². The van der Waals surface area contributed by atoms with E-state index in [1.807, 2.05) is 0 Å². The molecule has 1 aliphatic carbocycles. The van der Waals surface area contributed by atoms with Crippen LogP contribution in [0.2, 0.25) is 0 Å². The Labute approximate surface area is 118 Å². The molecule has 2 amide bonds. The van der Waals surface area contributed by atoms with Crippen molar-refractivity contribution in [3.8, 4) is 0 Å². The van der Waals surface area contributed by atoms with Crippen molar-refractivity contribution in [3.05, 3.63) is 0 Å². The molecule has 20 heavy (non-hydrogen) atoms. The molecule has 1 heterocycles. The van der Waals surface area contributed by atoms with E-state index in [1.54, 1.807) is 11.8 Å². The molecule has 112 valence electrons. The normalized spacial score (nSPS) is 27.4. The van der Waals surface area contributed by atoms with Crippen LogP contribution in [0.4, 0.5) is 0 Å². The Bertz CT molecular complexity index is 402. The number of carboxylic acid groups (broad SMARTS) is 1. The molecule has 6 heteroatoms. The third-order valence-electron chi connectivity index (χ3n) is 4.46. The summed E-state index contributed by atoms with van der Waals surface area (Å²) >= 11 is 0. The van der Waals surface area contributed by atoms with Crippen LogP contribution in [0, 0.1) is 11.8 Å². The number of carbonyl (C=O) groups excluding carboxylic acids is 2. The van der Waals surface area contributed by atoms with E-state index in [0.717, 1.165) is 19.3 Å². The quantitative estimate of drug-likeness (QED) is 0.794. The van der Waals surface area contributed by atoms with E-state index in [1.165, 1.54) is 0 Å². The predicted octanol–water partition coefficient (Wildman–Crippen LogP) is 0.614. The second-order valence-electron chi connectivity index (χ2n) is 5.77. The van der Waals surface area contributed by atoms with Gasteiger partial charge in [0.05, 0.1) is 11.8 Å². The number of hydrogen-bond acceptors (Lipinski definition) is 3. The van der Waals surface area contributed by atoms with E-state index in [9.17, 15) is 14.4 Å². The molecule has 1 saturated heterocycles. The van der Waals surface area contributed by atoms with Crippen molar-refractivity contribution in [1.82, 2.24) is 10.2 Å². The average molecular weight is 282 g/mol. The number of nitrogens with one attached hydrogen (secondary N) is 1. The minimum absolute atomic E-state index is 0.0631. The molecule has 0 radical (unpaired) electrons. The van der Waals surface area contributed by atoms with Crippen LogP contribution in [0.25, 0.3) is 0 Å². The standard InChI is InChI=1S/C14H22N2O4/c1-9(17)16-7-5-10(6-8-16)15-13(18)11-3-2-4-12(11)14(19)20/h10-12H,2-8H2,1H3,(H,15,18)(H,19,20)/t11-,12+/m1/s1. The summed E-state index contributed by atoms with van der Waals surface area (Å²) in [4.78, 5) is 36.3. The lowest BCUT2D eigenvalue weighted by Crippen LogP contribution is -2.48. The molecule has 0 aromatic rings. The monoisotopic (exact) mass is 282 g/mol. The first-order chi connectivity index (χ1) is 9.49. The molecule has 2 N–H and O–H groups in total. The highest BCUT2D eigenvalue weighted by atomic mass is 16.4. The van der Waals surface area contributed by atoms with Gasteiger partial charge in [-0.25, -0.2) is 0 Å². The third-order valence-corrected chi connectivity index (χ3v) is 4.46. The fraction of sp³-hybridized carbons (Fsp3) is 0.786. The zero-order valence-corrected chi connectivity index (χ0v) is 11.8. The van der Waals surface area contributed by atoms with Crippen LogP contribution < -0.4 is 5.32 Å². The Kier molecular flexibility index (Phi) is 4.62. The summed E-state index contributed by atoms with van der Waals surface area (Å²) in [5.41, 5.74) is 0. The molecule has 2 atom stereocenters. The highest BCUT2D eigenvalue weighted by Gasteiger charge is 2.38. The van der Waals surface area contributed by atoms with Gasteiger partial charge in [-0.1, -0.05) is 6.42 Å². The van der Waals surface area contributed by atoms with Gasteiger partial charge in [-0.15, -0.1) is 0 Å². The summed E-state index contributed by atoms with van der Waals surface area (Å²) in [6, 6.07) is 0.0631. The lowest BCUT2D eigenvalue weighted by Gasteiger charge is -2.32. The minimum Gasteiger partial charge on any atom is -0.481 e. The molecule has 0 aromatic heterocycles. The lowest BCUT2D eigenvalue weighted by atomic mass is 9.94. The molecule has 0 bridgehead atoms. The summed E-state index contributed by atoms with van der Waals surface area (Å²) < 4.78 is 0. The molecule has 2 fully saturated rings. The number of amides is 2. The van der Waals surface area contributed by atoms with Crippen molar-refractivity contribution >= 4 is 17.8 Å². The van der Waals surface area contributed by atoms with Gasteiger partial charge < -0.3 is 15.3 Å². The van der Waals surface area contributed by atoms with E-state index in [-0.39, 0.29) is 17.9 Å². The van der Waals surface area contributed by atoms with Crippen LogP contribution >= 0.6 is 0 Å². The van der Waals surface area contributed by atoms with Gasteiger partial charge in [0, 0.05) is 26.1 Å². The molecular formula is C14H22N2O4. The van der Waals surface area contributed by atoms with Crippen LogP contribution in [0.15, 0.2) is 0 Å². The Hall–Kier alpha value is -1.59. The number of carbonyl (C=O) groups is 3. The maximum atomic E-state index is 12.2. The largest absolute Gasteiger partial charge is 0.481 e. The molecule has 2 aliphatic rings. The topological polar surface area (TPSA) is 86.7 Å². The van der Waals surface area contributed by atoms with Crippen molar-refractivity contribution in [2.75, 3.05) is 13.1 Å². The average Bonchev–Trinajstić information content (AvgIpc) is 2.88. The second kappa shape index (κ2) is 6.24. The summed E-state index contributed by atoms with van der Waals surface area (Å²) in [7, 11) is 0. The first kappa shape index (κ1) is 14.8. The Morgan fingerprint density at radius 3 is 2.20 bits per heavy atom. The van der Waals surface area contributed by atoms with E-state index in [0.29, 0.717) is 25.9 Å². The van der Waals surface area contributed by atoms with Gasteiger partial charge in [-0.3, -0.25) is 14.4 Å². The number of rotatable bonds is 3. The first-order valence-electron chi connectivity index (χ1n) is 7.27. The molecule has 6 nitrogen and oxygen atoms in total. The van der Waals surface area contributed by atoms with E-state index < -0.39 is 17.8 Å². The van der Waals surface area contributed by atoms with Gasteiger partial charge in [0.25, 0.3) is 0 Å². The van der Waals surface area contributed by atoms with Crippen molar-refractivity contribution < 1.29 is 19.5 Å². The second-order valence-corrected chi connectivity index (χ2v) is 5.77. The highest BCUT2D eigenvalue weighted by molar-refractivity contribution is 5.85. The first-order valence-corrected chi connectivity index (χ1v) is 7.27. The smallest absolute Gasteiger partial charge is 0.307 e. The molecule has 1 aliphatic heterocycles. The molecule has 0 spiro atoms. The number of hydrogen-bond donors (Lipinski definition) is 2. The SMILES string of the molecule is CC(=O)N1CCC(NC(=O)[C@@H]2CCC[C@@H]2C(=O)O)CC1. The minimum atomic E-state index is -0.867. The van der Waals surface area contributed by atoms with Gasteiger partial charge in [0.2, 0.25) is 11.8 Å². The number of aliphatic carboxylic acids is 1. The van der Waals surface area contributed by atoms with Crippen molar-refractivity contribution in [3.63, 3.8) is 0 Å². The van der Waals surface area contributed by atoms with Gasteiger partial charge in [0.1, 0.15) is 0 Å². The Morgan fingerprint density at radius 1 is 1.05 bits per heavy atom. The molecular weight excluding hydrogens is 260 g/mol. The summed E-state index contributed by atoms with van der Waals surface area (Å²) in [5.74, 6) is -1.85. The molecule has 1 saturated carbocycles. The fourth-order valence-corrected chi connectivity index (χ4v) is 3.22. The van der Waals surface area contributed by atoms with Gasteiger partial charge in [-0.2, -0.15) is 0 Å². The summed E-state index contributed by atoms with van der Waals surface area (Å²) in [6.45, 7) is 2.87. The maximum Gasteiger partial charge on any atom is 0.307 e. The van der Waals surface area contributed by atoms with Crippen LogP contribution in [0.5, 0.6) is 0 Å². The van der Waals surface area contributed by atoms with E-state index in [2.05, 4.69) is 5.32 Å². The zero-order chi connectivity index (χ0) is 14.7. The van der Waals surface area contributed by atoms with Gasteiger partial charge in [-0.05, 0) is 25.7 Å². The zero-order valence-electron chi connectivity index (χ0n) is 11.8. The van der Waals surface area contributed by atoms with E-state index >= 15 is 0 Å². The lowest BCUT2D eigenvalue weighted by molar-refractivity contribution is -0.146. The number of carboxylic acids is 1. The fourth-order valence-electron chi connectivity index (χ4n) is 3.22. The third kappa shape index (κ3) is 3.29. The van der Waals surface area contributed by atoms with Gasteiger partial charge in [0.15, 0.2) is 0 Å². The Balaban J connectivity index is 1.83. The van der Waals surface area contributed by atoms with Crippen molar-refractivity contribution in [2.45, 2.75) is 45.1 Å². The van der Waals surface area contributed by atoms with Crippen LogP contribution in [-0.2, 0) is 14.4 Å². The number of piperidine rings is 1. The molecule has 0 aromatic carbocycles. The summed E-state index contributed by atoms with van der Waals surface area (Å²) in [6.07, 6.45) is 3.55. The highest BCUT2D eigenvalue weighted by Crippen LogP contribution is 2.32. The summed E-state index contributed by atoms with van der Waals surface area (Å²) in [5, 5.41) is 12.1.